The maximum Gasteiger partial charge on any atom is 0.327 e. The van der Waals surface area contributed by atoms with Gasteiger partial charge in [0.1, 0.15) is 30.6 Å². The quantitative estimate of drug-likeness (QED) is 0.854. The van der Waals surface area contributed by atoms with Crippen molar-refractivity contribution in [3.63, 3.8) is 0 Å². The number of nitrogen functional groups attached to an aromatic ring is 1. The summed E-state index contributed by atoms with van der Waals surface area (Å²) in [4.78, 5) is 3.93. The number of hydrogen-bond donors (Lipinski definition) is 1. The number of anilines is 1. The summed E-state index contributed by atoms with van der Waals surface area (Å²) in [5.74, 6) is 0.384. The van der Waals surface area contributed by atoms with Crippen molar-refractivity contribution in [1.82, 2.24) is 14.6 Å². The Kier molecular flexibility index (Phi) is 3.55. The molecule has 0 amide bonds. The minimum Gasteiger partial charge on any atom is -0.382 e. The second kappa shape index (κ2) is 5.37. The zero-order chi connectivity index (χ0) is 14.9. The smallest absolute Gasteiger partial charge is 0.327 e. The van der Waals surface area contributed by atoms with Crippen molar-refractivity contribution < 1.29 is 13.8 Å². The lowest BCUT2D eigenvalue weighted by Crippen LogP contribution is -2.31. The van der Waals surface area contributed by atoms with E-state index in [0.717, 1.165) is 5.69 Å². The van der Waals surface area contributed by atoms with E-state index in [9.17, 15) is 9.83 Å². The largest absolute Gasteiger partial charge is 0.382 e. The molecule has 9 heteroatoms. The van der Waals surface area contributed by atoms with E-state index in [-0.39, 0.29) is 12.7 Å². The average molecular weight is 305 g/mol. The maximum absolute atomic E-state index is 10.4. The number of nitrogens with two attached hydrogens (primary N) is 1. The van der Waals surface area contributed by atoms with Crippen LogP contribution in [0.4, 0.5) is 5.82 Å². The summed E-state index contributed by atoms with van der Waals surface area (Å²) in [6.45, 7) is -0.0362. The molecule has 2 atom stereocenters. The Morgan fingerprint density at radius 3 is 3.29 bits per heavy atom. The monoisotopic (exact) mass is 305 g/mol. The molecule has 0 radical (unpaired) electrons. The molecule has 1 aliphatic rings. The molecule has 1 saturated heterocycles. The molecule has 1 fully saturated rings. The Morgan fingerprint density at radius 2 is 2.52 bits per heavy atom. The fourth-order valence-corrected chi connectivity index (χ4v) is 2.79. The van der Waals surface area contributed by atoms with Gasteiger partial charge < -0.3 is 10.5 Å². The molecule has 2 N–H and O–H groups in total. The Labute approximate surface area is 121 Å². The molecule has 0 spiro atoms. The van der Waals surface area contributed by atoms with E-state index in [4.69, 9.17) is 15.0 Å². The molecule has 21 heavy (non-hydrogen) atoms. The first kappa shape index (κ1) is 13.9. The first-order valence-corrected chi connectivity index (χ1v) is 7.04. The average Bonchev–Trinajstić information content (AvgIpc) is 3.10. The van der Waals surface area contributed by atoms with Gasteiger partial charge in [0, 0.05) is 0 Å². The van der Waals surface area contributed by atoms with Crippen LogP contribution in [0.1, 0.15) is 24.6 Å². The molecule has 8 nitrogen and oxygen atoms in total. The Balaban J connectivity index is 1.90. The van der Waals surface area contributed by atoms with Gasteiger partial charge >= 0.3 is 8.69 Å². The Morgan fingerprint density at radius 1 is 1.67 bits per heavy atom. The van der Waals surface area contributed by atoms with Crippen LogP contribution in [0, 0.1) is 11.3 Å². The molecule has 3 heterocycles. The van der Waals surface area contributed by atoms with Gasteiger partial charge in [-0.3, -0.25) is 4.52 Å². The van der Waals surface area contributed by atoms with E-state index in [2.05, 4.69) is 16.2 Å². The van der Waals surface area contributed by atoms with Crippen molar-refractivity contribution in [3.05, 3.63) is 24.2 Å². The molecule has 108 valence electrons. The van der Waals surface area contributed by atoms with Gasteiger partial charge in [-0.1, -0.05) is 0 Å². The number of ether oxygens (including phenoxy) is 1. The van der Waals surface area contributed by atoms with E-state index in [1.807, 2.05) is 12.1 Å². The van der Waals surface area contributed by atoms with Gasteiger partial charge in [0.05, 0.1) is 5.69 Å². The molecule has 1 aliphatic heterocycles. The van der Waals surface area contributed by atoms with Gasteiger partial charge in [0.15, 0.2) is 11.4 Å². The zero-order valence-corrected chi connectivity index (χ0v) is 11.9. The summed E-state index contributed by atoms with van der Waals surface area (Å²) >= 11 is 0. The second-order valence-corrected chi connectivity index (χ2v) is 5.21. The maximum atomic E-state index is 10.4. The number of hydrogen-bond acceptors (Lipinski definition) is 7. The molecular weight excluding hydrogens is 293 g/mol. The zero-order valence-electron chi connectivity index (χ0n) is 11.0. The topological polar surface area (TPSA) is 116 Å². The molecule has 0 aliphatic carbocycles. The minimum atomic E-state index is -1.08. The van der Waals surface area contributed by atoms with Gasteiger partial charge in [-0.05, 0) is 25.0 Å². The number of nitrogens with zero attached hydrogens (tertiary/aromatic N) is 4. The fraction of sp³-hybridized carbons (Fsp3) is 0.417. The fourth-order valence-electron chi connectivity index (χ4n) is 2.53. The molecule has 2 aromatic rings. The number of rotatable bonds is 4. The summed E-state index contributed by atoms with van der Waals surface area (Å²) in [6.07, 6.45) is 2.21. The lowest BCUT2D eigenvalue weighted by Gasteiger charge is -2.19. The number of aromatic nitrogens is 3. The SMILES string of the molecule is N#C[C@@]1(COP=O)CC[C@H](c2ccc3c(N)ncnn23)O1. The van der Waals surface area contributed by atoms with Gasteiger partial charge in [0.2, 0.25) is 0 Å². The molecule has 0 unspecified atom stereocenters. The molecule has 0 aromatic carbocycles. The van der Waals surface area contributed by atoms with Crippen molar-refractivity contribution in [3.8, 4) is 6.07 Å². The van der Waals surface area contributed by atoms with E-state index in [1.54, 1.807) is 4.52 Å². The highest BCUT2D eigenvalue weighted by atomic mass is 31.1. The summed E-state index contributed by atoms with van der Waals surface area (Å²) in [5, 5.41) is 13.5. The number of fused-ring (bicyclic) bond motifs is 1. The van der Waals surface area contributed by atoms with Crippen molar-refractivity contribution in [1.29, 1.82) is 5.26 Å². The van der Waals surface area contributed by atoms with Gasteiger partial charge in [-0.15, -0.1) is 0 Å². The van der Waals surface area contributed by atoms with Crippen molar-refractivity contribution in [2.45, 2.75) is 24.5 Å². The number of nitriles is 1. The standard InChI is InChI=1S/C12H12N5O3P/c13-5-12(6-19-21-18)4-3-10(20-12)8-1-2-9-11(14)15-7-16-17(8)9/h1-2,7,10H,3-4,6H2,(H2,14,15,16)/t10-,12-/m1/s1. The molecular formula is C12H12N5O3P. The molecule has 0 saturated carbocycles. The lowest BCUT2D eigenvalue weighted by molar-refractivity contribution is -0.0302. The third kappa shape index (κ3) is 2.36. The lowest BCUT2D eigenvalue weighted by atomic mass is 10.0. The molecule has 0 bridgehead atoms. The van der Waals surface area contributed by atoms with Gasteiger partial charge in [-0.2, -0.15) is 10.4 Å². The van der Waals surface area contributed by atoms with E-state index < -0.39 is 14.3 Å². The van der Waals surface area contributed by atoms with Crippen LogP contribution in [0.15, 0.2) is 18.5 Å². The van der Waals surface area contributed by atoms with Crippen LogP contribution in [0.25, 0.3) is 5.52 Å². The van der Waals surface area contributed by atoms with E-state index in [0.29, 0.717) is 24.2 Å². The molecule has 2 aromatic heterocycles. The van der Waals surface area contributed by atoms with Gasteiger partial charge in [-0.25, -0.2) is 14.1 Å². The van der Waals surface area contributed by atoms with Crippen LogP contribution < -0.4 is 5.73 Å². The van der Waals surface area contributed by atoms with Crippen molar-refractivity contribution in [2.75, 3.05) is 12.3 Å². The van der Waals surface area contributed by atoms with Crippen LogP contribution >= 0.6 is 8.69 Å². The summed E-state index contributed by atoms with van der Waals surface area (Å²) in [7, 11) is -0.463. The Hall–Kier alpha value is -2.07. The van der Waals surface area contributed by atoms with Crippen LogP contribution in [-0.4, -0.2) is 26.8 Å². The normalized spacial score (nSPS) is 25.4. The highest BCUT2D eigenvalue weighted by Gasteiger charge is 2.42. The third-order valence-electron chi connectivity index (χ3n) is 3.57. The highest BCUT2D eigenvalue weighted by molar-refractivity contribution is 7.17. The predicted octanol–water partition coefficient (Wildman–Crippen LogP) is 1.65. The van der Waals surface area contributed by atoms with E-state index in [1.165, 1.54) is 6.33 Å². The summed E-state index contributed by atoms with van der Waals surface area (Å²) in [6, 6.07) is 5.77. The van der Waals surface area contributed by atoms with E-state index >= 15 is 0 Å². The van der Waals surface area contributed by atoms with Crippen molar-refractivity contribution in [2.24, 2.45) is 0 Å². The van der Waals surface area contributed by atoms with Crippen LogP contribution in [-0.2, 0) is 13.8 Å². The third-order valence-corrected chi connectivity index (χ3v) is 3.81. The van der Waals surface area contributed by atoms with Gasteiger partial charge in [0.25, 0.3) is 0 Å². The molecule has 3 rings (SSSR count). The Bertz CT molecular complexity index is 727. The van der Waals surface area contributed by atoms with Crippen LogP contribution in [0.5, 0.6) is 0 Å². The minimum absolute atomic E-state index is 0.0362. The predicted molar refractivity (Wildman–Crippen MR) is 72.4 cm³/mol. The van der Waals surface area contributed by atoms with Crippen molar-refractivity contribution >= 4 is 20.0 Å². The summed E-state index contributed by atoms with van der Waals surface area (Å²) in [5.41, 5.74) is 6.21. The first-order valence-electron chi connectivity index (χ1n) is 6.31. The van der Waals surface area contributed by atoms with Crippen LogP contribution in [0.3, 0.4) is 0 Å². The first-order chi connectivity index (χ1) is 10.2. The second-order valence-electron chi connectivity index (χ2n) is 4.80. The highest BCUT2D eigenvalue weighted by Crippen LogP contribution is 2.40. The van der Waals surface area contributed by atoms with Crippen LogP contribution in [0.2, 0.25) is 0 Å². The summed E-state index contributed by atoms with van der Waals surface area (Å²) < 4.78 is 22.7.